The van der Waals surface area contributed by atoms with Gasteiger partial charge < -0.3 is 9.73 Å². The lowest BCUT2D eigenvalue weighted by Gasteiger charge is -2.11. The third-order valence-electron chi connectivity index (χ3n) is 9.73. The van der Waals surface area contributed by atoms with Gasteiger partial charge in [-0.2, -0.15) is 0 Å². The lowest BCUT2D eigenvalue weighted by atomic mass is 9.95. The van der Waals surface area contributed by atoms with Crippen LogP contribution in [-0.4, -0.2) is 0 Å². The van der Waals surface area contributed by atoms with Crippen LogP contribution in [0.15, 0.2) is 186 Å². The van der Waals surface area contributed by atoms with E-state index in [4.69, 9.17) is 4.42 Å². The fourth-order valence-corrected chi connectivity index (χ4v) is 7.14. The van der Waals surface area contributed by atoms with Gasteiger partial charge in [-0.05, 0) is 103 Å². The Balaban J connectivity index is 0.938. The minimum absolute atomic E-state index is 0.808. The summed E-state index contributed by atoms with van der Waals surface area (Å²) in [6, 6.07) is 65.3. The molecule has 0 amide bonds. The number of benzene rings is 8. The highest BCUT2D eigenvalue weighted by atomic mass is 16.3. The zero-order valence-corrected chi connectivity index (χ0v) is 27.6. The van der Waals surface area contributed by atoms with Gasteiger partial charge in [0, 0.05) is 23.9 Å². The Kier molecular flexibility index (Phi) is 7.77. The molecule has 50 heavy (non-hydrogen) atoms. The zero-order chi connectivity index (χ0) is 33.3. The summed E-state index contributed by atoms with van der Waals surface area (Å²) < 4.78 is 6.26. The van der Waals surface area contributed by atoms with Crippen LogP contribution in [0, 0.1) is 0 Å². The number of fused-ring (bicyclic) bond motifs is 5. The van der Waals surface area contributed by atoms with Gasteiger partial charge in [0.2, 0.25) is 0 Å². The van der Waals surface area contributed by atoms with Crippen molar-refractivity contribution in [1.29, 1.82) is 0 Å². The van der Waals surface area contributed by atoms with Gasteiger partial charge >= 0.3 is 0 Å². The molecule has 0 fully saturated rings. The Labute approximate surface area is 292 Å². The van der Waals surface area contributed by atoms with E-state index in [2.05, 4.69) is 187 Å². The molecule has 0 aliphatic carbocycles. The molecule has 1 aromatic heterocycles. The molecule has 0 bridgehead atoms. The van der Waals surface area contributed by atoms with E-state index in [1.807, 2.05) is 0 Å². The van der Waals surface area contributed by atoms with E-state index in [9.17, 15) is 0 Å². The van der Waals surface area contributed by atoms with Crippen molar-refractivity contribution in [3.05, 3.63) is 193 Å². The van der Waals surface area contributed by atoms with E-state index >= 15 is 0 Å². The molecule has 0 atom stereocenters. The van der Waals surface area contributed by atoms with Gasteiger partial charge in [0.25, 0.3) is 0 Å². The average Bonchev–Trinajstić information content (AvgIpc) is 3.57. The van der Waals surface area contributed by atoms with Crippen LogP contribution in [-0.2, 0) is 13.1 Å². The van der Waals surface area contributed by atoms with Crippen molar-refractivity contribution in [2.24, 2.45) is 0 Å². The van der Waals surface area contributed by atoms with Crippen molar-refractivity contribution in [2.45, 2.75) is 13.1 Å². The zero-order valence-electron chi connectivity index (χ0n) is 27.6. The SMILES string of the molecule is c1ccc(-c2ccc(CNCc3cccc(-c4cccc(-c5cccc(-c6ccc7oc8ccc9ccccc9c8c7c6)c5)c4)c3)cc2)cc1. The lowest BCUT2D eigenvalue weighted by molar-refractivity contribution is 0.669. The number of rotatable bonds is 8. The largest absolute Gasteiger partial charge is 0.456 e. The van der Waals surface area contributed by atoms with Crippen LogP contribution in [0.3, 0.4) is 0 Å². The maximum atomic E-state index is 6.26. The first-order valence-corrected chi connectivity index (χ1v) is 17.2. The van der Waals surface area contributed by atoms with Gasteiger partial charge in [-0.15, -0.1) is 0 Å². The Morgan fingerprint density at radius 2 is 0.880 bits per heavy atom. The van der Waals surface area contributed by atoms with E-state index in [0.717, 1.165) is 29.6 Å². The van der Waals surface area contributed by atoms with Gasteiger partial charge in [-0.25, -0.2) is 0 Å². The predicted molar refractivity (Wildman–Crippen MR) is 210 cm³/mol. The van der Waals surface area contributed by atoms with Crippen LogP contribution in [0.1, 0.15) is 11.1 Å². The first-order chi connectivity index (χ1) is 24.7. The first-order valence-electron chi connectivity index (χ1n) is 17.2. The fraction of sp³-hybridized carbons (Fsp3) is 0.0417. The number of nitrogens with one attached hydrogen (secondary N) is 1. The molecule has 238 valence electrons. The summed E-state index contributed by atoms with van der Waals surface area (Å²) in [6.07, 6.45) is 0. The van der Waals surface area contributed by atoms with Gasteiger partial charge in [0.1, 0.15) is 11.2 Å². The minimum Gasteiger partial charge on any atom is -0.456 e. The topological polar surface area (TPSA) is 25.2 Å². The highest BCUT2D eigenvalue weighted by Gasteiger charge is 2.12. The van der Waals surface area contributed by atoms with Gasteiger partial charge in [-0.3, -0.25) is 0 Å². The van der Waals surface area contributed by atoms with Crippen LogP contribution in [0.4, 0.5) is 0 Å². The number of furan rings is 1. The van der Waals surface area contributed by atoms with Crippen molar-refractivity contribution in [1.82, 2.24) is 5.32 Å². The van der Waals surface area contributed by atoms with E-state index < -0.39 is 0 Å². The summed E-state index contributed by atoms with van der Waals surface area (Å²) in [6.45, 7) is 1.63. The molecule has 2 nitrogen and oxygen atoms in total. The summed E-state index contributed by atoms with van der Waals surface area (Å²) in [4.78, 5) is 0. The minimum atomic E-state index is 0.808. The Morgan fingerprint density at radius 1 is 0.340 bits per heavy atom. The normalized spacial score (nSPS) is 11.4. The van der Waals surface area contributed by atoms with Gasteiger partial charge in [0.15, 0.2) is 0 Å². The van der Waals surface area contributed by atoms with Crippen LogP contribution in [0.5, 0.6) is 0 Å². The van der Waals surface area contributed by atoms with Crippen LogP contribution in [0.25, 0.3) is 77.2 Å². The quantitative estimate of drug-likeness (QED) is 0.179. The van der Waals surface area contributed by atoms with Crippen LogP contribution in [0.2, 0.25) is 0 Å². The van der Waals surface area contributed by atoms with Crippen molar-refractivity contribution < 1.29 is 4.42 Å². The molecule has 0 aliphatic rings. The maximum absolute atomic E-state index is 6.26. The standard InChI is InChI=1S/C48H35NO/c1-2-10-35(11-3-1)36-21-19-33(20-22-36)31-49-32-34-9-6-13-38(27-34)39-14-7-15-40(28-39)41-16-8-17-42(29-41)43-24-25-46-45(30-43)48-44-18-5-4-12-37(44)23-26-47(48)50-46/h1-30,49H,31-32H2. The van der Waals surface area contributed by atoms with E-state index in [1.165, 1.54) is 71.8 Å². The smallest absolute Gasteiger partial charge is 0.136 e. The summed E-state index contributed by atoms with van der Waals surface area (Å²) in [5, 5.41) is 8.41. The summed E-state index contributed by atoms with van der Waals surface area (Å²) >= 11 is 0. The van der Waals surface area contributed by atoms with E-state index in [0.29, 0.717) is 0 Å². The molecule has 0 saturated heterocycles. The molecule has 9 rings (SSSR count). The third kappa shape index (κ3) is 5.87. The molecule has 0 radical (unpaired) electrons. The third-order valence-corrected chi connectivity index (χ3v) is 9.73. The summed E-state index contributed by atoms with van der Waals surface area (Å²) in [5.41, 5.74) is 14.1. The predicted octanol–water partition coefficient (Wildman–Crippen LogP) is 12.7. The molecule has 0 saturated carbocycles. The number of hydrogen-bond donors (Lipinski definition) is 1. The Hall–Kier alpha value is -6.22. The second-order valence-corrected chi connectivity index (χ2v) is 13.0. The van der Waals surface area contributed by atoms with Gasteiger partial charge in [0.05, 0.1) is 0 Å². The van der Waals surface area contributed by atoms with Gasteiger partial charge in [-0.1, -0.05) is 146 Å². The molecular weight excluding hydrogens is 607 g/mol. The molecule has 0 spiro atoms. The highest BCUT2D eigenvalue weighted by Crippen LogP contribution is 2.37. The summed E-state index contributed by atoms with van der Waals surface area (Å²) in [7, 11) is 0. The van der Waals surface area contributed by atoms with E-state index in [1.54, 1.807) is 0 Å². The molecule has 9 aromatic rings. The van der Waals surface area contributed by atoms with Crippen LogP contribution < -0.4 is 5.32 Å². The molecule has 0 unspecified atom stereocenters. The number of hydrogen-bond acceptors (Lipinski definition) is 2. The molecule has 2 heteroatoms. The lowest BCUT2D eigenvalue weighted by Crippen LogP contribution is -2.12. The second kappa shape index (κ2) is 13.0. The van der Waals surface area contributed by atoms with Crippen molar-refractivity contribution >= 4 is 32.7 Å². The Bertz CT molecular complexity index is 2610. The van der Waals surface area contributed by atoms with Crippen molar-refractivity contribution in [3.8, 4) is 44.5 Å². The first kappa shape index (κ1) is 29.9. The van der Waals surface area contributed by atoms with Crippen LogP contribution >= 0.6 is 0 Å². The van der Waals surface area contributed by atoms with Crippen molar-refractivity contribution in [3.63, 3.8) is 0 Å². The highest BCUT2D eigenvalue weighted by molar-refractivity contribution is 6.19. The fourth-order valence-electron chi connectivity index (χ4n) is 7.14. The van der Waals surface area contributed by atoms with Crippen molar-refractivity contribution in [2.75, 3.05) is 0 Å². The molecular formula is C48H35NO. The molecule has 0 aliphatic heterocycles. The maximum Gasteiger partial charge on any atom is 0.136 e. The van der Waals surface area contributed by atoms with E-state index in [-0.39, 0.29) is 0 Å². The Morgan fingerprint density at radius 3 is 1.62 bits per heavy atom. The summed E-state index contributed by atoms with van der Waals surface area (Å²) in [5.74, 6) is 0. The average molecular weight is 642 g/mol. The second-order valence-electron chi connectivity index (χ2n) is 13.0. The molecule has 8 aromatic carbocycles. The molecule has 1 N–H and O–H groups in total. The molecule has 1 heterocycles. The monoisotopic (exact) mass is 641 g/mol.